The van der Waals surface area contributed by atoms with Gasteiger partial charge in [-0.3, -0.25) is 14.5 Å². The minimum atomic E-state index is -0.849. The molecule has 2 fully saturated rings. The van der Waals surface area contributed by atoms with Crippen molar-refractivity contribution in [2.24, 2.45) is 5.92 Å². The van der Waals surface area contributed by atoms with Gasteiger partial charge < -0.3 is 15.1 Å². The molecule has 140 valence electrons. The largest absolute Gasteiger partial charge is 0.378 e. The average Bonchev–Trinajstić information content (AvgIpc) is 3.41. The molecule has 3 rings (SSSR count). The van der Waals surface area contributed by atoms with Gasteiger partial charge in [-0.1, -0.05) is 12.1 Å². The van der Waals surface area contributed by atoms with Gasteiger partial charge >= 0.3 is 6.03 Å². The molecule has 1 saturated carbocycles. The molecule has 0 radical (unpaired) electrons. The first-order valence-corrected chi connectivity index (χ1v) is 8.86. The van der Waals surface area contributed by atoms with Gasteiger partial charge in [0.1, 0.15) is 12.1 Å². The highest BCUT2D eigenvalue weighted by molar-refractivity contribution is 6.09. The van der Waals surface area contributed by atoms with Crippen LogP contribution in [0.3, 0.4) is 0 Å². The van der Waals surface area contributed by atoms with Gasteiger partial charge in [-0.25, -0.2) is 4.79 Å². The maximum Gasteiger partial charge on any atom is 0.325 e. The van der Waals surface area contributed by atoms with E-state index < -0.39 is 11.6 Å². The molecule has 2 aliphatic rings. The highest BCUT2D eigenvalue weighted by Crippen LogP contribution is 2.42. The number of hydrogen-bond donors (Lipinski definition) is 1. The lowest BCUT2D eigenvalue weighted by molar-refractivity contribution is -0.138. The SMILES string of the molecule is CN(Cc1ccc(N(C)C)cc1)C(=O)CN1C(=O)NC(C)(C2CC2)C1=O. The van der Waals surface area contributed by atoms with Crippen LogP contribution in [0.2, 0.25) is 0 Å². The molecule has 0 bridgehead atoms. The fourth-order valence-corrected chi connectivity index (χ4v) is 3.31. The van der Waals surface area contributed by atoms with Crippen LogP contribution in [0, 0.1) is 5.92 Å². The predicted molar refractivity (Wildman–Crippen MR) is 98.6 cm³/mol. The smallest absolute Gasteiger partial charge is 0.325 e. The van der Waals surface area contributed by atoms with Crippen molar-refractivity contribution in [3.05, 3.63) is 29.8 Å². The topological polar surface area (TPSA) is 73.0 Å². The Morgan fingerprint density at radius 1 is 1.19 bits per heavy atom. The molecule has 0 spiro atoms. The molecule has 7 heteroatoms. The lowest BCUT2D eigenvalue weighted by Crippen LogP contribution is -2.47. The van der Waals surface area contributed by atoms with Crippen LogP contribution in [0.1, 0.15) is 25.3 Å². The van der Waals surface area contributed by atoms with E-state index in [1.165, 1.54) is 4.90 Å². The lowest BCUT2D eigenvalue weighted by atomic mass is 9.96. The molecule has 1 aromatic rings. The van der Waals surface area contributed by atoms with Crippen LogP contribution in [-0.4, -0.2) is 60.9 Å². The van der Waals surface area contributed by atoms with Gasteiger partial charge in [0, 0.05) is 33.4 Å². The van der Waals surface area contributed by atoms with E-state index in [0.717, 1.165) is 29.0 Å². The molecule has 1 aromatic carbocycles. The molecule has 26 heavy (non-hydrogen) atoms. The van der Waals surface area contributed by atoms with E-state index in [9.17, 15) is 14.4 Å². The Bertz CT molecular complexity index is 727. The number of carbonyl (C=O) groups is 3. The maximum atomic E-state index is 12.6. The highest BCUT2D eigenvalue weighted by atomic mass is 16.2. The summed E-state index contributed by atoms with van der Waals surface area (Å²) < 4.78 is 0. The highest BCUT2D eigenvalue weighted by Gasteiger charge is 2.56. The molecule has 1 atom stereocenters. The van der Waals surface area contributed by atoms with Gasteiger partial charge in [-0.2, -0.15) is 0 Å². The Morgan fingerprint density at radius 2 is 1.81 bits per heavy atom. The van der Waals surface area contributed by atoms with E-state index >= 15 is 0 Å². The third-order valence-electron chi connectivity index (χ3n) is 5.29. The molecular formula is C19H26N4O3. The first kappa shape index (κ1) is 18.2. The zero-order chi connectivity index (χ0) is 19.1. The second kappa shape index (κ2) is 6.63. The third-order valence-corrected chi connectivity index (χ3v) is 5.29. The minimum absolute atomic E-state index is 0.187. The Labute approximate surface area is 153 Å². The second-order valence-electron chi connectivity index (χ2n) is 7.61. The number of benzene rings is 1. The van der Waals surface area contributed by atoms with Crippen molar-refractivity contribution in [2.45, 2.75) is 31.8 Å². The van der Waals surface area contributed by atoms with Crippen LogP contribution >= 0.6 is 0 Å². The number of hydrogen-bond acceptors (Lipinski definition) is 4. The van der Waals surface area contributed by atoms with Crippen LogP contribution in [0.4, 0.5) is 10.5 Å². The summed E-state index contributed by atoms with van der Waals surface area (Å²) in [6.45, 7) is 1.96. The lowest BCUT2D eigenvalue weighted by Gasteiger charge is -2.23. The number of nitrogens with one attached hydrogen (secondary N) is 1. The molecule has 1 saturated heterocycles. The first-order valence-electron chi connectivity index (χ1n) is 8.86. The summed E-state index contributed by atoms with van der Waals surface area (Å²) >= 11 is 0. The zero-order valence-corrected chi connectivity index (χ0v) is 15.8. The van der Waals surface area contributed by atoms with Gasteiger partial charge in [0.15, 0.2) is 0 Å². The third kappa shape index (κ3) is 3.38. The number of urea groups is 1. The van der Waals surface area contributed by atoms with E-state index in [4.69, 9.17) is 0 Å². The van der Waals surface area contributed by atoms with E-state index in [-0.39, 0.29) is 24.3 Å². The maximum absolute atomic E-state index is 12.6. The van der Waals surface area contributed by atoms with E-state index in [2.05, 4.69) is 5.32 Å². The number of likely N-dealkylation sites (N-methyl/N-ethyl adjacent to an activating group) is 1. The van der Waals surface area contributed by atoms with Crippen molar-refractivity contribution >= 4 is 23.5 Å². The molecule has 7 nitrogen and oxygen atoms in total. The van der Waals surface area contributed by atoms with Crippen LogP contribution < -0.4 is 10.2 Å². The Morgan fingerprint density at radius 3 is 2.35 bits per heavy atom. The number of carbonyl (C=O) groups excluding carboxylic acids is 3. The van der Waals surface area contributed by atoms with E-state index in [1.54, 1.807) is 14.0 Å². The summed E-state index contributed by atoms with van der Waals surface area (Å²) in [7, 11) is 5.62. The molecule has 1 N–H and O–H groups in total. The first-order chi connectivity index (χ1) is 12.2. The van der Waals surface area contributed by atoms with Gasteiger partial charge in [0.2, 0.25) is 5.91 Å². The molecule has 4 amide bonds. The minimum Gasteiger partial charge on any atom is -0.378 e. The van der Waals surface area contributed by atoms with Gasteiger partial charge in [-0.15, -0.1) is 0 Å². The van der Waals surface area contributed by atoms with Crippen LogP contribution in [0.25, 0.3) is 0 Å². The predicted octanol–water partition coefficient (Wildman–Crippen LogP) is 1.43. The molecular weight excluding hydrogens is 332 g/mol. The summed E-state index contributed by atoms with van der Waals surface area (Å²) in [6, 6.07) is 7.45. The normalized spacial score (nSPS) is 22.4. The Balaban J connectivity index is 1.60. The fraction of sp³-hybridized carbons (Fsp3) is 0.526. The number of amides is 4. The average molecular weight is 358 g/mol. The van der Waals surface area contributed by atoms with Gasteiger partial charge in [-0.05, 0) is 43.4 Å². The van der Waals surface area contributed by atoms with Crippen molar-refractivity contribution in [2.75, 3.05) is 32.6 Å². The van der Waals surface area contributed by atoms with Gasteiger partial charge in [0.05, 0.1) is 0 Å². The molecule has 1 unspecified atom stereocenters. The summed E-state index contributed by atoms with van der Waals surface area (Å²) in [5.41, 5.74) is 1.23. The Kier molecular flexibility index (Phi) is 4.64. The summed E-state index contributed by atoms with van der Waals surface area (Å²) in [5, 5.41) is 2.76. The van der Waals surface area contributed by atoms with Gasteiger partial charge in [0.25, 0.3) is 5.91 Å². The number of nitrogens with zero attached hydrogens (tertiary/aromatic N) is 3. The monoisotopic (exact) mass is 358 g/mol. The van der Waals surface area contributed by atoms with Crippen LogP contribution in [0.5, 0.6) is 0 Å². The molecule has 1 aliphatic heterocycles. The van der Waals surface area contributed by atoms with E-state index in [1.807, 2.05) is 43.3 Å². The molecule has 1 aliphatic carbocycles. The standard InChI is InChI=1S/C19H26N4O3/c1-19(14-7-8-14)17(25)23(18(26)20-19)12-16(24)22(4)11-13-5-9-15(10-6-13)21(2)3/h5-6,9-10,14H,7-8,11-12H2,1-4H3,(H,20,26). The van der Waals surface area contributed by atoms with Crippen molar-refractivity contribution in [1.29, 1.82) is 0 Å². The second-order valence-corrected chi connectivity index (χ2v) is 7.61. The Hall–Kier alpha value is -2.57. The number of anilines is 1. The van der Waals surface area contributed by atoms with Crippen molar-refractivity contribution in [3.63, 3.8) is 0 Å². The van der Waals surface area contributed by atoms with Crippen molar-refractivity contribution < 1.29 is 14.4 Å². The van der Waals surface area contributed by atoms with Crippen LogP contribution in [0.15, 0.2) is 24.3 Å². The zero-order valence-electron chi connectivity index (χ0n) is 15.8. The van der Waals surface area contributed by atoms with Crippen molar-refractivity contribution in [1.82, 2.24) is 15.1 Å². The summed E-state index contributed by atoms with van der Waals surface area (Å²) in [6.07, 6.45) is 1.88. The number of imide groups is 1. The van der Waals surface area contributed by atoms with E-state index in [0.29, 0.717) is 6.54 Å². The summed E-state index contributed by atoms with van der Waals surface area (Å²) in [5.74, 6) is -0.362. The molecule has 0 aromatic heterocycles. The fourth-order valence-electron chi connectivity index (χ4n) is 3.31. The van der Waals surface area contributed by atoms with Crippen molar-refractivity contribution in [3.8, 4) is 0 Å². The summed E-state index contributed by atoms with van der Waals surface area (Å²) in [4.78, 5) is 41.9. The number of rotatable bonds is 6. The molecule has 1 heterocycles. The van der Waals surface area contributed by atoms with Crippen LogP contribution in [-0.2, 0) is 16.1 Å². The quantitative estimate of drug-likeness (QED) is 0.781.